The molecule has 0 bridgehead atoms. The molecule has 75 heavy (non-hydrogen) atoms. The largest absolute Gasteiger partial charge is 0.494 e. The molecule has 1 aliphatic carbocycles. The fourth-order valence-corrected chi connectivity index (χ4v) is 7.14. The number of nitro groups is 1. The Labute approximate surface area is 416 Å². The number of nitro benzene ring substituents is 1. The van der Waals surface area contributed by atoms with Gasteiger partial charge in [0.05, 0.1) is 42.8 Å². The molecule has 0 spiro atoms. The van der Waals surface area contributed by atoms with Gasteiger partial charge in [-0.25, -0.2) is 44.9 Å². The number of non-ortho nitro benzene ring substituents is 1. The fourth-order valence-electron chi connectivity index (χ4n) is 7.14. The molecular weight excluding hydrogens is 1020 g/mol. The number of hydrogen-bond acceptors (Lipinski definition) is 17. The van der Waals surface area contributed by atoms with Crippen molar-refractivity contribution in [3.8, 4) is 34.3 Å². The monoisotopic (exact) mass is 1050 g/mol. The summed E-state index contributed by atoms with van der Waals surface area (Å²) in [5, 5.41) is 19.0. The number of imidazole rings is 3. The first-order chi connectivity index (χ1) is 35.6. The minimum Gasteiger partial charge on any atom is -0.494 e. The van der Waals surface area contributed by atoms with Crippen LogP contribution in [0, 0.1) is 10.1 Å². The summed E-state index contributed by atoms with van der Waals surface area (Å²) in [5.74, 6) is -2.18. The molecule has 3 aromatic carbocycles. The number of anilines is 3. The van der Waals surface area contributed by atoms with E-state index in [0.29, 0.717) is 40.7 Å². The van der Waals surface area contributed by atoms with Gasteiger partial charge in [0.15, 0.2) is 62.4 Å². The third kappa shape index (κ3) is 11.3. The molecule has 1 fully saturated rings. The second kappa shape index (κ2) is 20.8. The van der Waals surface area contributed by atoms with Gasteiger partial charge in [0.2, 0.25) is 17.5 Å². The van der Waals surface area contributed by atoms with Crippen LogP contribution in [-0.4, -0.2) is 104 Å². The van der Waals surface area contributed by atoms with Crippen molar-refractivity contribution in [2.24, 2.45) is 0 Å². The maximum absolute atomic E-state index is 13.3. The molecule has 1 aliphatic rings. The van der Waals surface area contributed by atoms with E-state index in [-0.39, 0.29) is 62.8 Å². The average molecular weight is 1050 g/mol. The van der Waals surface area contributed by atoms with Crippen LogP contribution in [0.2, 0.25) is 0 Å². The average Bonchev–Trinajstić information content (AvgIpc) is 3.70. The SMILES string of the molecule is CCOc1cccc(-n2cnc3c(NC4CC4)nc(C(F)(F)F)nc32)c1.CNc1nc(C(F)(F)F)nc2c1ncn2-c1ccc(OC)c(OC)c1.CNc1nc(C(F)(F)F)nc2c1ncn2-c1cccc([N+](=O)[O-])c1. The highest BCUT2D eigenvalue weighted by Crippen LogP contribution is 2.36. The van der Waals surface area contributed by atoms with Crippen LogP contribution in [0.15, 0.2) is 85.7 Å². The smallest absolute Gasteiger partial charge is 0.451 e. The number of methoxy groups -OCH3 is 2. The summed E-state index contributed by atoms with van der Waals surface area (Å²) in [6.07, 6.45) is -8.18. The van der Waals surface area contributed by atoms with E-state index in [1.54, 1.807) is 42.5 Å². The van der Waals surface area contributed by atoms with Crippen LogP contribution in [0.3, 0.4) is 0 Å². The Morgan fingerprint density at radius 3 is 1.47 bits per heavy atom. The normalized spacial score (nSPS) is 12.7. The van der Waals surface area contributed by atoms with Crippen LogP contribution >= 0.6 is 0 Å². The van der Waals surface area contributed by atoms with Crippen molar-refractivity contribution in [2.75, 3.05) is 50.9 Å². The molecule has 0 radical (unpaired) electrons. The summed E-state index contributed by atoms with van der Waals surface area (Å²) in [6.45, 7) is 2.35. The zero-order chi connectivity index (χ0) is 54.0. The number of ether oxygens (including phenoxy) is 3. The zero-order valence-electron chi connectivity index (χ0n) is 39.5. The van der Waals surface area contributed by atoms with Crippen LogP contribution in [0.25, 0.3) is 50.6 Å². The van der Waals surface area contributed by atoms with Crippen LogP contribution in [0.5, 0.6) is 17.2 Å². The number of fused-ring (bicyclic) bond motifs is 3. The Balaban J connectivity index is 0.000000150. The van der Waals surface area contributed by atoms with Gasteiger partial charge in [0.25, 0.3) is 5.69 Å². The Hall–Kier alpha value is -9.12. The molecular formula is C45H39F9N16O5. The Kier molecular flexibility index (Phi) is 14.5. The molecule has 6 heterocycles. The van der Waals surface area contributed by atoms with Gasteiger partial charge in [-0.2, -0.15) is 39.5 Å². The summed E-state index contributed by atoms with van der Waals surface area (Å²) < 4.78 is 138. The van der Waals surface area contributed by atoms with Gasteiger partial charge >= 0.3 is 18.5 Å². The molecule has 9 aromatic rings. The van der Waals surface area contributed by atoms with Crippen molar-refractivity contribution >= 4 is 56.6 Å². The van der Waals surface area contributed by atoms with Gasteiger partial charge in [-0.3, -0.25) is 23.8 Å². The lowest BCUT2D eigenvalue weighted by atomic mass is 10.2. The van der Waals surface area contributed by atoms with E-state index in [1.165, 1.54) is 85.3 Å². The fraction of sp³-hybridized carbons (Fsp3) is 0.267. The third-order valence-electron chi connectivity index (χ3n) is 10.7. The molecule has 392 valence electrons. The van der Waals surface area contributed by atoms with E-state index in [1.807, 2.05) is 6.92 Å². The lowest BCUT2D eigenvalue weighted by Gasteiger charge is -2.11. The quantitative estimate of drug-likeness (QED) is 0.0586. The number of benzene rings is 3. The first kappa shape index (κ1) is 52.2. The summed E-state index contributed by atoms with van der Waals surface area (Å²) in [7, 11) is 5.84. The van der Waals surface area contributed by atoms with E-state index in [2.05, 4.69) is 60.8 Å². The Morgan fingerprint density at radius 2 is 1.04 bits per heavy atom. The molecule has 0 unspecified atom stereocenters. The minimum atomic E-state index is -4.74. The highest BCUT2D eigenvalue weighted by molar-refractivity contribution is 5.86. The van der Waals surface area contributed by atoms with E-state index in [9.17, 15) is 49.6 Å². The maximum atomic E-state index is 13.3. The highest BCUT2D eigenvalue weighted by atomic mass is 19.4. The molecule has 1 saturated carbocycles. The van der Waals surface area contributed by atoms with Gasteiger partial charge in [-0.15, -0.1) is 0 Å². The zero-order valence-corrected chi connectivity index (χ0v) is 39.5. The number of rotatable bonds is 12. The number of nitrogens with one attached hydrogen (secondary N) is 3. The van der Waals surface area contributed by atoms with Crippen LogP contribution in [0.4, 0.5) is 62.7 Å². The van der Waals surface area contributed by atoms with E-state index >= 15 is 0 Å². The molecule has 10 rings (SSSR count). The first-order valence-electron chi connectivity index (χ1n) is 21.9. The molecule has 30 heteroatoms. The van der Waals surface area contributed by atoms with E-state index < -0.39 is 40.9 Å². The van der Waals surface area contributed by atoms with Crippen LogP contribution < -0.4 is 30.2 Å². The second-order valence-corrected chi connectivity index (χ2v) is 15.7. The van der Waals surface area contributed by atoms with Gasteiger partial charge < -0.3 is 30.2 Å². The highest BCUT2D eigenvalue weighted by Gasteiger charge is 2.39. The number of alkyl halides is 9. The van der Waals surface area contributed by atoms with Crippen molar-refractivity contribution in [3.63, 3.8) is 0 Å². The maximum Gasteiger partial charge on any atom is 0.451 e. The molecule has 6 aromatic heterocycles. The number of nitrogens with zero attached hydrogens (tertiary/aromatic N) is 13. The predicted molar refractivity (Wildman–Crippen MR) is 252 cm³/mol. The van der Waals surface area contributed by atoms with Crippen molar-refractivity contribution in [1.82, 2.24) is 58.6 Å². The van der Waals surface area contributed by atoms with Crippen molar-refractivity contribution in [1.29, 1.82) is 0 Å². The lowest BCUT2D eigenvalue weighted by Crippen LogP contribution is -2.15. The molecule has 0 saturated heterocycles. The second-order valence-electron chi connectivity index (χ2n) is 15.7. The van der Waals surface area contributed by atoms with Crippen molar-refractivity contribution in [2.45, 2.75) is 44.3 Å². The van der Waals surface area contributed by atoms with Gasteiger partial charge in [0, 0.05) is 44.4 Å². The van der Waals surface area contributed by atoms with E-state index in [0.717, 1.165) is 12.8 Å². The molecule has 3 N–H and O–H groups in total. The Bertz CT molecular complexity index is 3540. The summed E-state index contributed by atoms with van der Waals surface area (Å²) in [4.78, 5) is 44.1. The predicted octanol–water partition coefficient (Wildman–Crippen LogP) is 9.48. The molecule has 21 nitrogen and oxygen atoms in total. The first-order valence-corrected chi connectivity index (χ1v) is 21.9. The van der Waals surface area contributed by atoms with Gasteiger partial charge in [-0.1, -0.05) is 12.1 Å². The summed E-state index contributed by atoms with van der Waals surface area (Å²) >= 11 is 0. The number of hydrogen-bond donors (Lipinski definition) is 3. The summed E-state index contributed by atoms with van der Waals surface area (Å²) in [6, 6.07) is 17.5. The van der Waals surface area contributed by atoms with Gasteiger partial charge in [-0.05, 0) is 50.1 Å². The number of halogens is 9. The van der Waals surface area contributed by atoms with E-state index in [4.69, 9.17) is 14.2 Å². The van der Waals surface area contributed by atoms with Crippen LogP contribution in [0.1, 0.15) is 37.2 Å². The topological polar surface area (TPSA) is 238 Å². The standard InChI is InChI=1S/C17H16F3N5O.C15H14F3N5O2.C13H9F3N6O2/c1-2-26-12-5-3-4-11(8-12)25-9-21-13-14(22-10-6-7-10)23-16(17(18,19)20)24-15(13)25;1-19-12-11-13(22-14(21-12)15(16,17)18)23(7-20-11)8-4-5-9(24-2)10(6-8)25-3;1-17-10-9-11(20-12(19-10)13(14,15)16)21(6-18-9)7-3-2-4-8(5-7)22(23)24/h3-5,8-10H,2,6-7H2,1H3,(H,22,23,24);4-7H,1-3H3,(H,19,21,22);2-6H,1H3,(H,17,19,20). The van der Waals surface area contributed by atoms with Gasteiger partial charge in [0.1, 0.15) is 24.7 Å². The van der Waals surface area contributed by atoms with Crippen molar-refractivity contribution < 1.29 is 58.6 Å². The molecule has 0 aliphatic heterocycles. The summed E-state index contributed by atoms with van der Waals surface area (Å²) in [5.41, 5.74) is 1.88. The third-order valence-corrected chi connectivity index (χ3v) is 10.7. The van der Waals surface area contributed by atoms with Crippen LogP contribution in [-0.2, 0) is 18.5 Å². The minimum absolute atomic E-state index is 0.00319. The number of aromatic nitrogens is 12. The molecule has 0 atom stereocenters. The molecule has 0 amide bonds. The Morgan fingerprint density at radius 1 is 0.600 bits per heavy atom. The van der Waals surface area contributed by atoms with Crippen molar-refractivity contribution in [3.05, 3.63) is 113 Å². The lowest BCUT2D eigenvalue weighted by molar-refractivity contribution is -0.384.